The van der Waals surface area contributed by atoms with E-state index in [9.17, 15) is 22.3 Å². The molecule has 0 bridgehead atoms. The molecule has 0 saturated carbocycles. The van der Waals surface area contributed by atoms with Gasteiger partial charge in [-0.3, -0.25) is 9.53 Å². The van der Waals surface area contributed by atoms with Gasteiger partial charge in [0, 0.05) is 11.3 Å². The number of aromatic amines is 1. The number of hydrogen-bond donors (Lipinski definition) is 4. The Balaban J connectivity index is 1.85. The van der Waals surface area contributed by atoms with Crippen LogP contribution in [-0.2, 0) is 11.3 Å². The second kappa shape index (κ2) is 7.27. The van der Waals surface area contributed by atoms with E-state index in [1.165, 1.54) is 0 Å². The third kappa shape index (κ3) is 3.76. The van der Waals surface area contributed by atoms with E-state index in [0.29, 0.717) is 4.73 Å². The summed E-state index contributed by atoms with van der Waals surface area (Å²) in [4.78, 5) is 26.5. The number of imidazole rings is 1. The Labute approximate surface area is 154 Å². The van der Waals surface area contributed by atoms with Crippen molar-refractivity contribution < 1.29 is 22.3 Å². The van der Waals surface area contributed by atoms with Gasteiger partial charge in [0.05, 0.1) is 5.69 Å². The van der Waals surface area contributed by atoms with Crippen LogP contribution < -0.4 is 15.4 Å². The van der Waals surface area contributed by atoms with Crippen molar-refractivity contribution in [3.63, 3.8) is 0 Å². The van der Waals surface area contributed by atoms with E-state index in [2.05, 4.69) is 41.2 Å². The average Bonchev–Trinajstić information content (AvgIpc) is 2.95. The lowest BCUT2D eigenvalue weighted by molar-refractivity contribution is 0.262. The summed E-state index contributed by atoms with van der Waals surface area (Å²) in [5, 5.41) is 4.26. The quantitative estimate of drug-likeness (QED) is 0.356. The number of nitrogens with zero attached hydrogens (tertiary/aromatic N) is 3. The zero-order valence-corrected chi connectivity index (χ0v) is 14.7. The summed E-state index contributed by atoms with van der Waals surface area (Å²) in [6.45, 7) is 0. The predicted octanol–water partition coefficient (Wildman–Crippen LogP) is 2.24. The van der Waals surface area contributed by atoms with Crippen LogP contribution in [0.3, 0.4) is 0 Å². The molecule has 0 radical (unpaired) electrons. The zero-order chi connectivity index (χ0) is 18.8. The van der Waals surface area contributed by atoms with Gasteiger partial charge < -0.3 is 19.6 Å². The molecule has 3 rings (SSSR count). The van der Waals surface area contributed by atoms with Gasteiger partial charge in [0.1, 0.15) is 23.3 Å². The highest BCUT2D eigenvalue weighted by atomic mass is 79.9. The molecule has 10 nitrogen and oxygen atoms in total. The van der Waals surface area contributed by atoms with Gasteiger partial charge in [0.15, 0.2) is 22.0 Å². The summed E-state index contributed by atoms with van der Waals surface area (Å²) in [7, 11) is 0. The molecule has 1 aromatic carbocycles. The highest BCUT2D eigenvalue weighted by Crippen LogP contribution is 2.26. The molecule has 0 aliphatic carbocycles. The number of carbonyl (C=O) groups is 1. The van der Waals surface area contributed by atoms with Crippen LogP contribution in [0, 0.1) is 11.6 Å². The molecule has 14 heteroatoms. The fourth-order valence-electron chi connectivity index (χ4n) is 1.98. The van der Waals surface area contributed by atoms with Crippen LogP contribution in [0.1, 0.15) is 0 Å². The number of aromatic nitrogens is 4. The molecule has 1 unspecified atom stereocenters. The molecular weight excluding hydrogens is 440 g/mol. The first-order valence-electron chi connectivity index (χ1n) is 6.63. The number of carbonyl (C=O) groups excluding carboxylic acids is 1. The van der Waals surface area contributed by atoms with E-state index < -0.39 is 40.3 Å². The Bertz CT molecular complexity index is 1030. The summed E-state index contributed by atoms with van der Waals surface area (Å²) >= 11 is 0.284. The van der Waals surface area contributed by atoms with Crippen molar-refractivity contribution in [2.45, 2.75) is 0 Å². The van der Waals surface area contributed by atoms with E-state index in [1.54, 1.807) is 4.72 Å². The molecule has 2 amide bonds. The summed E-state index contributed by atoms with van der Waals surface area (Å²) in [6.07, 6.45) is 1.14. The lowest BCUT2D eigenvalue weighted by atomic mass is 10.2. The Hall–Kier alpha value is -2.71. The third-order valence-electron chi connectivity index (χ3n) is 3.01. The first-order valence-corrected chi connectivity index (χ1v) is 8.50. The number of amides is 2. The van der Waals surface area contributed by atoms with E-state index >= 15 is 0 Å². The average molecular weight is 447 g/mol. The Morgan fingerprint density at radius 2 is 2.04 bits per heavy atom. The highest BCUT2D eigenvalue weighted by Gasteiger charge is 2.18. The number of urea groups is 1. The molecule has 0 saturated heterocycles. The van der Waals surface area contributed by atoms with Crippen molar-refractivity contribution in [3.8, 4) is 0 Å². The van der Waals surface area contributed by atoms with Gasteiger partial charge in [-0.05, 0) is 28.1 Å². The smallest absolute Gasteiger partial charge is 0.325 e. The fraction of sp³-hybridized carbons (Fsp3) is 0. The minimum absolute atomic E-state index is 0.0152. The van der Waals surface area contributed by atoms with Gasteiger partial charge in [0.25, 0.3) is 0 Å². The standard InChI is InChI=1S/C12H8BrF2N7O3S/c13-11-18-8-9(20-11)16-3-17-10(8)21-12(23)19-7-4(14)1-2-5(6(7)15)22-26(24)25/h1-3,22H,(H,24,25)(H3,16,17,18,19,20,21,23)/p-1. The molecule has 26 heavy (non-hydrogen) atoms. The first kappa shape index (κ1) is 18.1. The predicted molar refractivity (Wildman–Crippen MR) is 90.9 cm³/mol. The highest BCUT2D eigenvalue weighted by molar-refractivity contribution is 9.10. The number of H-pyrrole nitrogens is 1. The molecule has 2 heterocycles. The number of hydrogen-bond acceptors (Lipinski definition) is 6. The van der Waals surface area contributed by atoms with Crippen LogP contribution in [0.15, 0.2) is 23.2 Å². The molecule has 0 aliphatic rings. The molecule has 3 aromatic rings. The molecular formula is C12H7BrF2N7O3S-. The molecule has 4 N–H and O–H groups in total. The minimum Gasteiger partial charge on any atom is -0.755 e. The number of fused-ring (bicyclic) bond motifs is 1. The Morgan fingerprint density at radius 1 is 1.27 bits per heavy atom. The first-order chi connectivity index (χ1) is 12.3. The summed E-state index contributed by atoms with van der Waals surface area (Å²) in [6, 6.07) is 0.650. The van der Waals surface area contributed by atoms with Gasteiger partial charge >= 0.3 is 6.03 Å². The van der Waals surface area contributed by atoms with Crippen LogP contribution in [0.2, 0.25) is 0 Å². The minimum atomic E-state index is -2.82. The largest absolute Gasteiger partial charge is 0.755 e. The van der Waals surface area contributed by atoms with Crippen LogP contribution in [0.25, 0.3) is 11.2 Å². The maximum Gasteiger partial charge on any atom is 0.325 e. The summed E-state index contributed by atoms with van der Waals surface area (Å²) < 4.78 is 51.3. The molecule has 2 aromatic heterocycles. The van der Waals surface area contributed by atoms with Gasteiger partial charge in [-0.25, -0.2) is 28.5 Å². The SMILES string of the molecule is O=C(Nc1c(F)ccc(NS(=O)[O-])c1F)Nc1ncnc2nc(Br)[nH]c12. The van der Waals surface area contributed by atoms with Crippen molar-refractivity contribution in [2.24, 2.45) is 0 Å². The topological polar surface area (TPSA) is 148 Å². The Morgan fingerprint density at radius 3 is 2.77 bits per heavy atom. The molecule has 1 atom stereocenters. The van der Waals surface area contributed by atoms with Crippen molar-refractivity contribution in [1.82, 2.24) is 19.9 Å². The zero-order valence-electron chi connectivity index (χ0n) is 12.3. The molecule has 0 spiro atoms. The number of anilines is 3. The number of benzene rings is 1. The number of nitrogens with one attached hydrogen (secondary N) is 4. The van der Waals surface area contributed by atoms with Crippen LogP contribution >= 0.6 is 15.9 Å². The van der Waals surface area contributed by atoms with E-state index in [0.717, 1.165) is 18.5 Å². The van der Waals surface area contributed by atoms with Crippen LogP contribution in [0.4, 0.5) is 30.8 Å². The van der Waals surface area contributed by atoms with E-state index in [-0.39, 0.29) is 17.0 Å². The van der Waals surface area contributed by atoms with Crippen molar-refractivity contribution >= 4 is 61.6 Å². The van der Waals surface area contributed by atoms with E-state index in [4.69, 9.17) is 0 Å². The third-order valence-corrected chi connectivity index (χ3v) is 3.78. The van der Waals surface area contributed by atoms with Crippen molar-refractivity contribution in [1.29, 1.82) is 0 Å². The lowest BCUT2D eigenvalue weighted by Crippen LogP contribution is -2.22. The van der Waals surface area contributed by atoms with Crippen molar-refractivity contribution in [2.75, 3.05) is 15.4 Å². The number of halogens is 3. The lowest BCUT2D eigenvalue weighted by Gasteiger charge is -2.14. The maximum absolute atomic E-state index is 14.2. The second-order valence-electron chi connectivity index (χ2n) is 4.65. The monoisotopic (exact) mass is 446 g/mol. The van der Waals surface area contributed by atoms with Crippen molar-refractivity contribution in [3.05, 3.63) is 34.8 Å². The second-order valence-corrected chi connectivity index (χ2v) is 6.07. The molecule has 0 aliphatic heterocycles. The molecule has 136 valence electrons. The van der Waals surface area contributed by atoms with Crippen LogP contribution in [0.5, 0.6) is 0 Å². The van der Waals surface area contributed by atoms with Gasteiger partial charge in [-0.1, -0.05) is 0 Å². The maximum atomic E-state index is 14.2. The van der Waals surface area contributed by atoms with E-state index in [1.807, 2.05) is 5.32 Å². The van der Waals surface area contributed by atoms with Crippen LogP contribution in [-0.4, -0.2) is 34.7 Å². The number of rotatable bonds is 4. The van der Waals surface area contributed by atoms with Gasteiger partial charge in [-0.15, -0.1) is 0 Å². The summed E-state index contributed by atoms with van der Waals surface area (Å²) in [5.41, 5.74) is -0.831. The summed E-state index contributed by atoms with van der Waals surface area (Å²) in [5.74, 6) is -2.38. The Kier molecular flexibility index (Phi) is 5.06. The molecule has 0 fully saturated rings. The fourth-order valence-corrected chi connectivity index (χ4v) is 2.69. The normalized spacial score (nSPS) is 12.0. The van der Waals surface area contributed by atoms with Gasteiger partial charge in [-0.2, -0.15) is 0 Å². The van der Waals surface area contributed by atoms with Gasteiger partial charge in [0.2, 0.25) is 0 Å².